The smallest absolute Gasteiger partial charge is 0.332 e. The predicted molar refractivity (Wildman–Crippen MR) is 89.4 cm³/mol. The summed E-state index contributed by atoms with van der Waals surface area (Å²) >= 11 is 1.59. The third-order valence-electron chi connectivity index (χ3n) is 3.40. The van der Waals surface area contributed by atoms with Crippen LogP contribution in [0.1, 0.15) is 4.88 Å². The van der Waals surface area contributed by atoms with Crippen LogP contribution in [0.5, 0.6) is 0 Å². The molecule has 0 aliphatic carbocycles. The number of amides is 1. The summed E-state index contributed by atoms with van der Waals surface area (Å²) in [4.78, 5) is 27.5. The minimum absolute atomic E-state index is 0.0836. The summed E-state index contributed by atoms with van der Waals surface area (Å²) in [6.07, 6.45) is 3.32. The van der Waals surface area contributed by atoms with E-state index >= 15 is 0 Å². The van der Waals surface area contributed by atoms with Crippen LogP contribution in [0.4, 0.5) is 0 Å². The van der Waals surface area contributed by atoms with E-state index in [0.29, 0.717) is 18.7 Å². The normalized spacial score (nSPS) is 10.8. The molecule has 0 aromatic carbocycles. The summed E-state index contributed by atoms with van der Waals surface area (Å²) in [5, 5.41) is 6.16. The second-order valence-corrected chi connectivity index (χ2v) is 6.04. The maximum atomic E-state index is 12.5. The predicted octanol–water partition coefficient (Wildman–Crippen LogP) is 1.77. The zero-order valence-corrected chi connectivity index (χ0v) is 13.3. The highest BCUT2D eigenvalue weighted by Crippen LogP contribution is 2.12. The molecule has 3 rings (SSSR count). The molecule has 0 saturated heterocycles. The van der Waals surface area contributed by atoms with E-state index in [4.69, 9.17) is 0 Å². The molecule has 3 aromatic heterocycles. The molecular weight excluding hydrogens is 312 g/mol. The lowest BCUT2D eigenvalue weighted by Crippen LogP contribution is -2.36. The van der Waals surface area contributed by atoms with Crippen LogP contribution in [0.2, 0.25) is 0 Å². The van der Waals surface area contributed by atoms with Crippen molar-refractivity contribution < 1.29 is 4.79 Å². The zero-order valence-electron chi connectivity index (χ0n) is 12.5. The van der Waals surface area contributed by atoms with E-state index in [-0.39, 0.29) is 18.1 Å². The van der Waals surface area contributed by atoms with Crippen LogP contribution in [0.15, 0.2) is 59.4 Å². The van der Waals surface area contributed by atoms with E-state index in [1.54, 1.807) is 46.7 Å². The van der Waals surface area contributed by atoms with Crippen LogP contribution in [0.25, 0.3) is 5.65 Å². The molecule has 0 radical (unpaired) electrons. The van der Waals surface area contributed by atoms with Crippen molar-refractivity contribution in [3.63, 3.8) is 0 Å². The van der Waals surface area contributed by atoms with E-state index < -0.39 is 0 Å². The summed E-state index contributed by atoms with van der Waals surface area (Å²) in [5.74, 6) is -0.163. The Morgan fingerprint density at radius 3 is 2.91 bits per heavy atom. The van der Waals surface area contributed by atoms with E-state index in [2.05, 4.69) is 11.7 Å². The van der Waals surface area contributed by atoms with Gasteiger partial charge in [0.25, 0.3) is 0 Å². The van der Waals surface area contributed by atoms with Gasteiger partial charge in [0.2, 0.25) is 5.91 Å². The summed E-state index contributed by atoms with van der Waals surface area (Å²) in [5.41, 5.74) is 0.211. The van der Waals surface area contributed by atoms with Crippen LogP contribution < -0.4 is 5.69 Å². The Morgan fingerprint density at radius 1 is 1.35 bits per heavy atom. The van der Waals surface area contributed by atoms with Crippen molar-refractivity contribution in [1.82, 2.24) is 19.1 Å². The molecule has 1 amide bonds. The Morgan fingerprint density at radius 2 is 2.22 bits per heavy atom. The van der Waals surface area contributed by atoms with Crippen LogP contribution in [-0.2, 0) is 17.9 Å². The van der Waals surface area contributed by atoms with Crippen molar-refractivity contribution in [3.8, 4) is 0 Å². The van der Waals surface area contributed by atoms with Crippen molar-refractivity contribution in [2.24, 2.45) is 0 Å². The van der Waals surface area contributed by atoms with Gasteiger partial charge in [0, 0.05) is 17.6 Å². The number of hydrogen-bond donors (Lipinski definition) is 0. The number of fused-ring (bicyclic) bond motifs is 1. The highest BCUT2D eigenvalue weighted by atomic mass is 32.1. The average molecular weight is 328 g/mol. The summed E-state index contributed by atoms with van der Waals surface area (Å²) < 4.78 is 2.62. The highest BCUT2D eigenvalue weighted by Gasteiger charge is 2.16. The van der Waals surface area contributed by atoms with Crippen LogP contribution in [-0.4, -0.2) is 31.5 Å². The van der Waals surface area contributed by atoms with Gasteiger partial charge in [0.05, 0.1) is 6.54 Å². The van der Waals surface area contributed by atoms with Crippen LogP contribution >= 0.6 is 11.3 Å². The molecule has 118 valence electrons. The number of nitrogens with zero attached hydrogens (tertiary/aromatic N) is 4. The molecule has 0 aliphatic rings. The number of pyridine rings is 1. The van der Waals surface area contributed by atoms with Gasteiger partial charge in [0.1, 0.15) is 6.54 Å². The molecule has 0 atom stereocenters. The number of carbonyl (C=O) groups is 1. The monoisotopic (exact) mass is 328 g/mol. The molecule has 0 spiro atoms. The molecule has 0 aliphatic heterocycles. The third kappa shape index (κ3) is 3.24. The van der Waals surface area contributed by atoms with Gasteiger partial charge >= 0.3 is 5.69 Å². The Bertz CT molecular complexity index is 879. The Balaban J connectivity index is 1.81. The van der Waals surface area contributed by atoms with E-state index in [9.17, 15) is 9.59 Å². The third-order valence-corrected chi connectivity index (χ3v) is 4.26. The van der Waals surface area contributed by atoms with Crippen molar-refractivity contribution in [1.29, 1.82) is 0 Å². The minimum Gasteiger partial charge on any atom is -0.332 e. The molecule has 0 fully saturated rings. The van der Waals surface area contributed by atoms with Gasteiger partial charge in [0.15, 0.2) is 5.65 Å². The first-order chi connectivity index (χ1) is 11.2. The summed E-state index contributed by atoms with van der Waals surface area (Å²) in [7, 11) is 0. The van der Waals surface area contributed by atoms with Crippen molar-refractivity contribution in [3.05, 3.63) is 69.9 Å². The van der Waals surface area contributed by atoms with Gasteiger partial charge in [-0.25, -0.2) is 9.48 Å². The fraction of sp³-hybridized carbons (Fsp3) is 0.188. The highest BCUT2D eigenvalue weighted by molar-refractivity contribution is 7.09. The molecule has 0 N–H and O–H groups in total. The van der Waals surface area contributed by atoms with Gasteiger partial charge in [-0.2, -0.15) is 0 Å². The lowest BCUT2D eigenvalue weighted by atomic mass is 10.3. The number of aromatic nitrogens is 3. The van der Waals surface area contributed by atoms with Crippen molar-refractivity contribution in [2.75, 3.05) is 6.54 Å². The van der Waals surface area contributed by atoms with Crippen LogP contribution in [0.3, 0.4) is 0 Å². The maximum Gasteiger partial charge on any atom is 0.350 e. The fourth-order valence-electron chi connectivity index (χ4n) is 2.30. The Labute approximate surface area is 136 Å². The number of carbonyl (C=O) groups excluding carboxylic acids is 1. The second-order valence-electron chi connectivity index (χ2n) is 5.01. The zero-order chi connectivity index (χ0) is 16.2. The number of rotatable bonds is 6. The lowest BCUT2D eigenvalue weighted by molar-refractivity contribution is -0.132. The largest absolute Gasteiger partial charge is 0.350 e. The molecule has 6 nitrogen and oxygen atoms in total. The van der Waals surface area contributed by atoms with Gasteiger partial charge < -0.3 is 4.90 Å². The first-order valence-corrected chi connectivity index (χ1v) is 8.02. The molecule has 23 heavy (non-hydrogen) atoms. The topological polar surface area (TPSA) is 59.6 Å². The van der Waals surface area contributed by atoms with E-state index in [1.807, 2.05) is 17.5 Å². The maximum absolute atomic E-state index is 12.5. The molecule has 7 heteroatoms. The van der Waals surface area contributed by atoms with Gasteiger partial charge in [-0.05, 0) is 23.6 Å². The average Bonchev–Trinajstić information content (AvgIpc) is 3.16. The second kappa shape index (κ2) is 6.62. The number of thiophene rings is 1. The standard InChI is InChI=1S/C16H16N4O2S/c1-2-8-18(11-13-6-5-10-23-13)15(21)12-20-16(22)19-9-4-3-7-14(19)17-20/h2-7,9-10H,1,8,11-12H2. The molecule has 3 heterocycles. The lowest BCUT2D eigenvalue weighted by Gasteiger charge is -2.20. The van der Waals surface area contributed by atoms with Crippen molar-refractivity contribution in [2.45, 2.75) is 13.1 Å². The van der Waals surface area contributed by atoms with Crippen LogP contribution in [0, 0.1) is 0 Å². The van der Waals surface area contributed by atoms with E-state index in [0.717, 1.165) is 4.88 Å². The van der Waals surface area contributed by atoms with Gasteiger partial charge in [-0.1, -0.05) is 18.2 Å². The summed E-state index contributed by atoms with van der Waals surface area (Å²) in [6, 6.07) is 9.21. The van der Waals surface area contributed by atoms with Gasteiger partial charge in [-0.3, -0.25) is 9.20 Å². The quantitative estimate of drug-likeness (QED) is 0.648. The first kappa shape index (κ1) is 15.2. The first-order valence-electron chi connectivity index (χ1n) is 7.14. The van der Waals surface area contributed by atoms with Gasteiger partial charge in [-0.15, -0.1) is 23.0 Å². The summed E-state index contributed by atoms with van der Waals surface area (Å²) in [6.45, 7) is 4.54. The molecule has 0 saturated carbocycles. The fourth-order valence-corrected chi connectivity index (χ4v) is 3.02. The van der Waals surface area contributed by atoms with E-state index in [1.165, 1.54) is 9.08 Å². The van der Waals surface area contributed by atoms with Crippen molar-refractivity contribution >= 4 is 22.9 Å². The molecule has 0 bridgehead atoms. The Hall–Kier alpha value is -2.67. The Kier molecular flexibility index (Phi) is 4.38. The SMILES string of the molecule is C=CCN(Cc1cccs1)C(=O)Cn1nc2ccccn2c1=O. The molecular formula is C16H16N4O2S. The number of hydrogen-bond acceptors (Lipinski definition) is 4. The molecule has 3 aromatic rings. The molecule has 0 unspecified atom stereocenters. The minimum atomic E-state index is -0.316.